The molecule has 0 radical (unpaired) electrons. The van der Waals surface area contributed by atoms with E-state index in [0.29, 0.717) is 0 Å². The van der Waals surface area contributed by atoms with E-state index in [9.17, 15) is 0 Å². The van der Waals surface area contributed by atoms with Gasteiger partial charge in [0.1, 0.15) is 0 Å². The first kappa shape index (κ1) is 9.70. The normalized spacial score (nSPS) is 10.0. The van der Waals surface area contributed by atoms with E-state index in [1.165, 1.54) is 0 Å². The largest absolute Gasteiger partial charge is 3.00 e. The van der Waals surface area contributed by atoms with Gasteiger partial charge in [-0.3, -0.25) is 0 Å². The second kappa shape index (κ2) is 2.63. The van der Waals surface area contributed by atoms with Crippen LogP contribution in [0.4, 0.5) is 0 Å². The average molecular weight is 101 g/mol. The van der Waals surface area contributed by atoms with Crippen molar-refractivity contribution in [2.24, 2.45) is 0 Å². The minimum Gasteiger partial charge on any atom is -0.391 e. The molecule has 32 valence electrons. The molecular weight excluding hydrogens is 91.0 g/mol. The van der Waals surface area contributed by atoms with Crippen LogP contribution in [0.1, 0.15) is 20.8 Å². The Morgan fingerprint density at radius 3 is 1.17 bits per heavy atom. The van der Waals surface area contributed by atoms with E-state index >= 15 is 0 Å². The summed E-state index contributed by atoms with van der Waals surface area (Å²) in [5.74, 6) is 0. The van der Waals surface area contributed by atoms with Crippen molar-refractivity contribution in [3.8, 4) is 0 Å². The van der Waals surface area contributed by atoms with Crippen molar-refractivity contribution in [3.05, 3.63) is 0 Å². The van der Waals surface area contributed by atoms with E-state index in [4.69, 9.17) is 5.11 Å². The fourth-order valence-corrected chi connectivity index (χ4v) is 0. The second-order valence-electron chi connectivity index (χ2n) is 2.17. The van der Waals surface area contributed by atoms with Crippen LogP contribution in [0.15, 0.2) is 0 Å². The third-order valence-corrected chi connectivity index (χ3v) is 0. The maximum absolute atomic E-state index is 8.52. The molecular formula is C4H10AlO+3. The van der Waals surface area contributed by atoms with Gasteiger partial charge >= 0.3 is 17.4 Å². The summed E-state index contributed by atoms with van der Waals surface area (Å²) in [6.07, 6.45) is 0. The van der Waals surface area contributed by atoms with E-state index in [1.54, 1.807) is 20.8 Å². The van der Waals surface area contributed by atoms with Crippen LogP contribution in [0.3, 0.4) is 0 Å². The van der Waals surface area contributed by atoms with Gasteiger partial charge in [0.15, 0.2) is 0 Å². The van der Waals surface area contributed by atoms with Gasteiger partial charge in [-0.15, -0.1) is 0 Å². The molecule has 0 unspecified atom stereocenters. The summed E-state index contributed by atoms with van der Waals surface area (Å²) < 4.78 is 0. The molecule has 0 bridgehead atoms. The molecule has 0 aromatic heterocycles. The fraction of sp³-hybridized carbons (Fsp3) is 1.00. The topological polar surface area (TPSA) is 20.2 Å². The Morgan fingerprint density at radius 2 is 1.17 bits per heavy atom. The predicted octanol–water partition coefficient (Wildman–Crippen LogP) is 0.396. The Morgan fingerprint density at radius 1 is 1.17 bits per heavy atom. The minimum absolute atomic E-state index is 0. The Hall–Kier alpha value is 0.492. The summed E-state index contributed by atoms with van der Waals surface area (Å²) in [6.45, 7) is 5.23. The Bertz CT molecular complexity index is 23.0. The first-order valence-electron chi connectivity index (χ1n) is 1.72. The Labute approximate surface area is 49.5 Å². The number of hydrogen-bond acceptors (Lipinski definition) is 1. The van der Waals surface area contributed by atoms with E-state index in [0.717, 1.165) is 0 Å². The maximum atomic E-state index is 8.52. The molecule has 0 aliphatic rings. The van der Waals surface area contributed by atoms with E-state index in [1.807, 2.05) is 0 Å². The zero-order valence-electron chi connectivity index (χ0n) is 4.52. The van der Waals surface area contributed by atoms with Crippen molar-refractivity contribution in [2.45, 2.75) is 26.4 Å². The number of aliphatic hydroxyl groups is 1. The van der Waals surface area contributed by atoms with Crippen LogP contribution in [-0.4, -0.2) is 28.1 Å². The zero-order valence-corrected chi connectivity index (χ0v) is 5.68. The molecule has 1 N–H and O–H groups in total. The van der Waals surface area contributed by atoms with Crippen molar-refractivity contribution in [2.75, 3.05) is 0 Å². The third kappa shape index (κ3) is 226. The van der Waals surface area contributed by atoms with Gasteiger partial charge in [-0.1, -0.05) is 0 Å². The molecule has 0 aliphatic heterocycles. The minimum atomic E-state index is -0.500. The quantitative estimate of drug-likeness (QED) is 0.438. The van der Waals surface area contributed by atoms with Crippen molar-refractivity contribution in [1.82, 2.24) is 0 Å². The average Bonchev–Trinajstić information content (AvgIpc) is 0.722. The van der Waals surface area contributed by atoms with Crippen LogP contribution in [0, 0.1) is 0 Å². The SMILES string of the molecule is CC(C)(C)O.[Al+3]. The van der Waals surface area contributed by atoms with Gasteiger partial charge in [0.2, 0.25) is 0 Å². The first-order chi connectivity index (χ1) is 2.00. The molecule has 0 atom stereocenters. The summed E-state index contributed by atoms with van der Waals surface area (Å²) in [5.41, 5.74) is -0.500. The summed E-state index contributed by atoms with van der Waals surface area (Å²) >= 11 is 0. The van der Waals surface area contributed by atoms with Crippen LogP contribution < -0.4 is 0 Å². The molecule has 0 amide bonds. The number of rotatable bonds is 0. The first-order valence-corrected chi connectivity index (χ1v) is 1.72. The summed E-state index contributed by atoms with van der Waals surface area (Å²) in [6, 6.07) is 0. The molecule has 6 heavy (non-hydrogen) atoms. The summed E-state index contributed by atoms with van der Waals surface area (Å²) in [5, 5.41) is 8.52. The van der Waals surface area contributed by atoms with Gasteiger partial charge < -0.3 is 5.11 Å². The van der Waals surface area contributed by atoms with Gasteiger partial charge in [0.05, 0.1) is 5.60 Å². The maximum Gasteiger partial charge on any atom is 3.00 e. The van der Waals surface area contributed by atoms with Crippen LogP contribution >= 0.6 is 0 Å². The smallest absolute Gasteiger partial charge is 0.391 e. The van der Waals surface area contributed by atoms with Gasteiger partial charge in [-0.05, 0) is 20.8 Å². The van der Waals surface area contributed by atoms with Crippen molar-refractivity contribution < 1.29 is 5.11 Å². The van der Waals surface area contributed by atoms with E-state index in [-0.39, 0.29) is 17.4 Å². The zero-order chi connectivity index (χ0) is 4.50. The fourth-order valence-electron chi connectivity index (χ4n) is 0. The van der Waals surface area contributed by atoms with Gasteiger partial charge in [0.25, 0.3) is 0 Å². The molecule has 2 heteroatoms. The molecule has 0 aromatic carbocycles. The number of hydrogen-bond donors (Lipinski definition) is 1. The Kier molecular flexibility index (Phi) is 4.25. The molecule has 0 saturated carbocycles. The molecule has 0 rings (SSSR count). The van der Waals surface area contributed by atoms with Crippen LogP contribution in [0.5, 0.6) is 0 Å². The molecule has 0 saturated heterocycles. The van der Waals surface area contributed by atoms with Crippen molar-refractivity contribution in [3.63, 3.8) is 0 Å². The van der Waals surface area contributed by atoms with E-state index < -0.39 is 5.60 Å². The van der Waals surface area contributed by atoms with Gasteiger partial charge in [-0.25, -0.2) is 0 Å². The Balaban J connectivity index is 0. The summed E-state index contributed by atoms with van der Waals surface area (Å²) in [4.78, 5) is 0. The molecule has 0 aliphatic carbocycles. The van der Waals surface area contributed by atoms with Gasteiger partial charge in [0, 0.05) is 0 Å². The monoisotopic (exact) mass is 101 g/mol. The van der Waals surface area contributed by atoms with Gasteiger partial charge in [-0.2, -0.15) is 0 Å². The van der Waals surface area contributed by atoms with Crippen molar-refractivity contribution in [1.29, 1.82) is 0 Å². The molecule has 1 nitrogen and oxygen atoms in total. The summed E-state index contributed by atoms with van der Waals surface area (Å²) in [7, 11) is 0. The standard InChI is InChI=1S/C4H10O.Al/c1-4(2,3)5;/h5H,1-3H3;/q;+3. The molecule has 0 aromatic rings. The van der Waals surface area contributed by atoms with Crippen LogP contribution in [0.25, 0.3) is 0 Å². The molecule has 0 fully saturated rings. The second-order valence-corrected chi connectivity index (χ2v) is 2.17. The molecule has 0 heterocycles. The van der Waals surface area contributed by atoms with Crippen molar-refractivity contribution >= 4 is 17.4 Å². The van der Waals surface area contributed by atoms with Crippen LogP contribution in [0.2, 0.25) is 0 Å². The third-order valence-electron chi connectivity index (χ3n) is 0. The van der Waals surface area contributed by atoms with Crippen LogP contribution in [-0.2, 0) is 0 Å². The molecule has 0 spiro atoms. The van der Waals surface area contributed by atoms with E-state index in [2.05, 4.69) is 0 Å². The predicted molar refractivity (Wildman–Crippen MR) is 27.7 cm³/mol.